The highest BCUT2D eigenvalue weighted by Gasteiger charge is 2.15. The zero-order valence-electron chi connectivity index (χ0n) is 13.8. The van der Waals surface area contributed by atoms with Crippen LogP contribution in [0, 0.1) is 5.92 Å². The molecule has 4 heteroatoms. The van der Waals surface area contributed by atoms with Gasteiger partial charge < -0.3 is 14.8 Å². The lowest BCUT2D eigenvalue weighted by molar-refractivity contribution is -0.121. The van der Waals surface area contributed by atoms with E-state index >= 15 is 0 Å². The lowest BCUT2D eigenvalue weighted by atomic mass is 9.86. The summed E-state index contributed by atoms with van der Waals surface area (Å²) in [6, 6.07) is 6.01. The van der Waals surface area contributed by atoms with E-state index in [1.54, 1.807) is 0 Å². The Morgan fingerprint density at radius 1 is 1.09 bits per heavy atom. The van der Waals surface area contributed by atoms with Crippen LogP contribution < -0.4 is 14.8 Å². The van der Waals surface area contributed by atoms with Gasteiger partial charge in [-0.25, -0.2) is 0 Å². The number of rotatable bonds is 6. The summed E-state index contributed by atoms with van der Waals surface area (Å²) < 4.78 is 11.1. The lowest BCUT2D eigenvalue weighted by Crippen LogP contribution is -2.26. The molecule has 0 bridgehead atoms. The Bertz CT molecular complexity index is 523. The first-order valence-electron chi connectivity index (χ1n) is 8.96. The average molecular weight is 317 g/mol. The third-order valence-electron chi connectivity index (χ3n) is 4.85. The fraction of sp³-hybridized carbons (Fsp3) is 0.632. The number of hydrogen-bond acceptors (Lipinski definition) is 3. The van der Waals surface area contributed by atoms with E-state index in [1.807, 2.05) is 18.2 Å². The van der Waals surface area contributed by atoms with Crippen molar-refractivity contribution in [2.75, 3.05) is 19.8 Å². The third kappa shape index (κ3) is 4.88. The first-order valence-corrected chi connectivity index (χ1v) is 8.96. The predicted molar refractivity (Wildman–Crippen MR) is 90.0 cm³/mol. The molecule has 4 nitrogen and oxygen atoms in total. The normalized spacial score (nSPS) is 17.7. The third-order valence-corrected chi connectivity index (χ3v) is 4.85. The second-order valence-corrected chi connectivity index (χ2v) is 6.62. The van der Waals surface area contributed by atoms with E-state index < -0.39 is 0 Å². The van der Waals surface area contributed by atoms with Gasteiger partial charge in [-0.3, -0.25) is 4.79 Å². The van der Waals surface area contributed by atoms with Gasteiger partial charge >= 0.3 is 0 Å². The maximum absolute atomic E-state index is 12.0. The van der Waals surface area contributed by atoms with Gasteiger partial charge in [0.05, 0.1) is 0 Å². The molecular formula is C19H27NO3. The summed E-state index contributed by atoms with van der Waals surface area (Å²) in [7, 11) is 0. The largest absolute Gasteiger partial charge is 0.486 e. The second-order valence-electron chi connectivity index (χ2n) is 6.62. The zero-order chi connectivity index (χ0) is 15.9. The standard InChI is InChI=1S/C19H27NO3/c21-19(9-7-15-4-2-1-3-5-15)20-11-10-16-6-8-17-18(14-16)23-13-12-22-17/h6,8,14-15H,1-5,7,9-13H2,(H,20,21). The average Bonchev–Trinajstić information content (AvgIpc) is 2.61. The maximum Gasteiger partial charge on any atom is 0.220 e. The fourth-order valence-electron chi connectivity index (χ4n) is 3.49. The van der Waals surface area contributed by atoms with E-state index in [1.165, 1.54) is 37.7 Å². The van der Waals surface area contributed by atoms with Gasteiger partial charge in [-0.1, -0.05) is 38.2 Å². The van der Waals surface area contributed by atoms with Crippen LogP contribution in [0.1, 0.15) is 50.5 Å². The van der Waals surface area contributed by atoms with Gasteiger partial charge in [-0.05, 0) is 36.5 Å². The van der Waals surface area contributed by atoms with Crippen LogP contribution >= 0.6 is 0 Å². The Hall–Kier alpha value is -1.71. The van der Waals surface area contributed by atoms with Crippen molar-refractivity contribution in [1.29, 1.82) is 0 Å². The van der Waals surface area contributed by atoms with E-state index in [0.717, 1.165) is 30.3 Å². The van der Waals surface area contributed by atoms with E-state index in [-0.39, 0.29) is 5.91 Å². The highest BCUT2D eigenvalue weighted by atomic mass is 16.6. The number of amides is 1. The van der Waals surface area contributed by atoms with E-state index in [9.17, 15) is 4.79 Å². The number of benzene rings is 1. The van der Waals surface area contributed by atoms with Crippen LogP contribution in [0.3, 0.4) is 0 Å². The number of nitrogens with one attached hydrogen (secondary N) is 1. The monoisotopic (exact) mass is 317 g/mol. The van der Waals surface area contributed by atoms with E-state index in [0.29, 0.717) is 26.2 Å². The second kappa shape index (κ2) is 8.23. The number of ether oxygens (including phenoxy) is 2. The molecule has 1 heterocycles. The van der Waals surface area contributed by atoms with Crippen LogP contribution in [-0.2, 0) is 11.2 Å². The molecule has 1 saturated carbocycles. The summed E-state index contributed by atoms with van der Waals surface area (Å²) in [6.07, 6.45) is 9.23. The predicted octanol–water partition coefficient (Wildman–Crippen LogP) is 3.48. The molecule has 0 radical (unpaired) electrons. The molecule has 3 rings (SSSR count). The van der Waals surface area contributed by atoms with Crippen LogP contribution in [0.5, 0.6) is 11.5 Å². The molecule has 23 heavy (non-hydrogen) atoms. The van der Waals surface area contributed by atoms with Gasteiger partial charge in [0.2, 0.25) is 5.91 Å². The molecule has 126 valence electrons. The van der Waals surface area contributed by atoms with Crippen LogP contribution in [0.15, 0.2) is 18.2 Å². The smallest absolute Gasteiger partial charge is 0.220 e. The molecule has 0 aromatic heterocycles. The minimum absolute atomic E-state index is 0.188. The first-order chi connectivity index (χ1) is 11.3. The van der Waals surface area contributed by atoms with Crippen molar-refractivity contribution in [3.63, 3.8) is 0 Å². The minimum Gasteiger partial charge on any atom is -0.486 e. The fourth-order valence-corrected chi connectivity index (χ4v) is 3.49. The van der Waals surface area contributed by atoms with Crippen molar-refractivity contribution >= 4 is 5.91 Å². The highest BCUT2D eigenvalue weighted by Crippen LogP contribution is 2.30. The molecule has 1 aliphatic carbocycles. The first kappa shape index (κ1) is 16.2. The maximum atomic E-state index is 12.0. The molecule has 0 unspecified atom stereocenters. The van der Waals surface area contributed by atoms with Gasteiger partial charge in [0.25, 0.3) is 0 Å². The van der Waals surface area contributed by atoms with Gasteiger partial charge in [-0.2, -0.15) is 0 Å². The molecular weight excluding hydrogens is 290 g/mol. The minimum atomic E-state index is 0.188. The van der Waals surface area contributed by atoms with Gasteiger partial charge in [0, 0.05) is 13.0 Å². The summed E-state index contributed by atoms with van der Waals surface area (Å²) in [5.41, 5.74) is 1.17. The summed E-state index contributed by atoms with van der Waals surface area (Å²) in [6.45, 7) is 1.90. The number of carbonyl (C=O) groups excluding carboxylic acids is 1. The van der Waals surface area contributed by atoms with Crippen LogP contribution in [0.2, 0.25) is 0 Å². The van der Waals surface area contributed by atoms with Gasteiger partial charge in [0.1, 0.15) is 13.2 Å². The highest BCUT2D eigenvalue weighted by molar-refractivity contribution is 5.75. The Balaban J connectivity index is 1.36. The topological polar surface area (TPSA) is 47.6 Å². The zero-order valence-corrected chi connectivity index (χ0v) is 13.8. The van der Waals surface area contributed by atoms with Crippen molar-refractivity contribution in [1.82, 2.24) is 5.32 Å². The van der Waals surface area contributed by atoms with Crippen molar-refractivity contribution < 1.29 is 14.3 Å². The summed E-state index contributed by atoms with van der Waals surface area (Å²) >= 11 is 0. The van der Waals surface area contributed by atoms with Crippen molar-refractivity contribution in [2.24, 2.45) is 5.92 Å². The van der Waals surface area contributed by atoms with E-state index in [2.05, 4.69) is 5.32 Å². The van der Waals surface area contributed by atoms with Gasteiger partial charge in [0.15, 0.2) is 11.5 Å². The summed E-state index contributed by atoms with van der Waals surface area (Å²) in [4.78, 5) is 12.0. The quantitative estimate of drug-likeness (QED) is 0.874. The SMILES string of the molecule is O=C(CCC1CCCCC1)NCCc1ccc2c(c1)OCCO2. The van der Waals surface area contributed by atoms with Crippen LogP contribution in [-0.4, -0.2) is 25.7 Å². The molecule has 1 N–H and O–H groups in total. The summed E-state index contributed by atoms with van der Waals surface area (Å²) in [5.74, 6) is 2.59. The molecule has 1 aromatic carbocycles. The molecule has 0 atom stereocenters. The van der Waals surface area contributed by atoms with Crippen LogP contribution in [0.4, 0.5) is 0 Å². The molecule has 1 aliphatic heterocycles. The molecule has 1 aromatic rings. The Morgan fingerprint density at radius 2 is 1.87 bits per heavy atom. The number of fused-ring (bicyclic) bond motifs is 1. The molecule has 1 fully saturated rings. The summed E-state index contributed by atoms with van der Waals surface area (Å²) in [5, 5.41) is 3.04. The van der Waals surface area contributed by atoms with E-state index in [4.69, 9.17) is 9.47 Å². The Kier molecular flexibility index (Phi) is 5.78. The molecule has 0 spiro atoms. The van der Waals surface area contributed by atoms with Crippen molar-refractivity contribution in [3.8, 4) is 11.5 Å². The number of hydrogen-bond donors (Lipinski definition) is 1. The number of carbonyl (C=O) groups is 1. The molecule has 0 saturated heterocycles. The van der Waals surface area contributed by atoms with Crippen molar-refractivity contribution in [2.45, 2.75) is 51.4 Å². The Labute approximate surface area is 138 Å². The molecule has 2 aliphatic rings. The van der Waals surface area contributed by atoms with Crippen molar-refractivity contribution in [3.05, 3.63) is 23.8 Å². The molecule has 1 amide bonds. The van der Waals surface area contributed by atoms with Crippen LogP contribution in [0.25, 0.3) is 0 Å². The Morgan fingerprint density at radius 3 is 2.70 bits per heavy atom. The van der Waals surface area contributed by atoms with Gasteiger partial charge in [-0.15, -0.1) is 0 Å². The lowest BCUT2D eigenvalue weighted by Gasteiger charge is -2.21.